The summed E-state index contributed by atoms with van der Waals surface area (Å²) in [4.78, 5) is 12.8. The molecule has 0 bridgehead atoms. The SMILES string of the molecule is CCOc1cc([C@@H]2CC(=O)Nc3c2c(C)nn3-c2ccc3nncn3n2)ccc1OC1CCCC1. The molecule has 4 aromatic rings. The van der Waals surface area contributed by atoms with Crippen LogP contribution in [-0.2, 0) is 4.79 Å². The van der Waals surface area contributed by atoms with Gasteiger partial charge in [-0.05, 0) is 69.4 Å². The lowest BCUT2D eigenvalue weighted by atomic mass is 9.85. The van der Waals surface area contributed by atoms with Crippen molar-refractivity contribution in [1.29, 1.82) is 0 Å². The molecule has 0 spiro atoms. The Kier molecular flexibility index (Phi) is 5.35. The normalized spacial score (nSPS) is 18.0. The van der Waals surface area contributed by atoms with Crippen molar-refractivity contribution >= 4 is 17.4 Å². The van der Waals surface area contributed by atoms with Crippen molar-refractivity contribution in [2.24, 2.45) is 0 Å². The average molecular weight is 474 g/mol. The fourth-order valence-electron chi connectivity index (χ4n) is 5.12. The lowest BCUT2D eigenvalue weighted by Crippen LogP contribution is -2.25. The van der Waals surface area contributed by atoms with Gasteiger partial charge in [-0.1, -0.05) is 6.07 Å². The van der Waals surface area contributed by atoms with Crippen molar-refractivity contribution < 1.29 is 14.3 Å². The number of hydrogen-bond acceptors (Lipinski definition) is 7. The molecule has 1 amide bonds. The van der Waals surface area contributed by atoms with E-state index in [0.29, 0.717) is 36.1 Å². The summed E-state index contributed by atoms with van der Waals surface area (Å²) < 4.78 is 15.5. The smallest absolute Gasteiger partial charge is 0.226 e. The summed E-state index contributed by atoms with van der Waals surface area (Å²) in [6.07, 6.45) is 6.66. The monoisotopic (exact) mass is 473 g/mol. The highest BCUT2D eigenvalue weighted by Crippen LogP contribution is 2.43. The molecule has 2 aliphatic rings. The first-order chi connectivity index (χ1) is 17.1. The number of aromatic nitrogens is 6. The van der Waals surface area contributed by atoms with E-state index in [1.54, 1.807) is 9.20 Å². The number of hydrogen-bond donors (Lipinski definition) is 1. The summed E-state index contributed by atoms with van der Waals surface area (Å²) >= 11 is 0. The molecule has 0 radical (unpaired) electrons. The van der Waals surface area contributed by atoms with Gasteiger partial charge in [-0.2, -0.15) is 14.3 Å². The lowest BCUT2D eigenvalue weighted by Gasteiger charge is -2.25. The summed E-state index contributed by atoms with van der Waals surface area (Å²) in [6.45, 7) is 4.46. The number of aryl methyl sites for hydroxylation is 1. The summed E-state index contributed by atoms with van der Waals surface area (Å²) in [6, 6.07) is 9.66. The van der Waals surface area contributed by atoms with Gasteiger partial charge in [0.2, 0.25) is 5.91 Å². The maximum absolute atomic E-state index is 12.8. The van der Waals surface area contributed by atoms with E-state index in [2.05, 4.69) is 20.6 Å². The second-order valence-corrected chi connectivity index (χ2v) is 9.05. The van der Waals surface area contributed by atoms with E-state index in [-0.39, 0.29) is 17.9 Å². The van der Waals surface area contributed by atoms with Crippen LogP contribution in [0.1, 0.15) is 61.8 Å². The summed E-state index contributed by atoms with van der Waals surface area (Å²) in [7, 11) is 0. The molecule has 1 aromatic carbocycles. The first kappa shape index (κ1) is 21.6. The van der Waals surface area contributed by atoms with E-state index >= 15 is 0 Å². The Morgan fingerprint density at radius 2 is 1.97 bits per heavy atom. The lowest BCUT2D eigenvalue weighted by molar-refractivity contribution is -0.116. The van der Waals surface area contributed by atoms with Gasteiger partial charge in [-0.25, -0.2) is 0 Å². The zero-order chi connectivity index (χ0) is 23.9. The fraction of sp³-hybridized carbons (Fsp3) is 0.400. The van der Waals surface area contributed by atoms with Crippen molar-refractivity contribution in [3.8, 4) is 17.3 Å². The number of amides is 1. The highest BCUT2D eigenvalue weighted by molar-refractivity contribution is 5.95. The van der Waals surface area contributed by atoms with Crippen molar-refractivity contribution in [1.82, 2.24) is 29.6 Å². The molecular weight excluding hydrogens is 446 g/mol. The number of anilines is 1. The van der Waals surface area contributed by atoms with E-state index < -0.39 is 0 Å². The van der Waals surface area contributed by atoms with E-state index in [1.165, 1.54) is 19.2 Å². The summed E-state index contributed by atoms with van der Waals surface area (Å²) in [5.74, 6) is 2.45. The van der Waals surface area contributed by atoms with Gasteiger partial charge in [0.25, 0.3) is 0 Å². The fourth-order valence-corrected chi connectivity index (χ4v) is 5.12. The summed E-state index contributed by atoms with van der Waals surface area (Å²) in [5.41, 5.74) is 3.44. The third-order valence-corrected chi connectivity index (χ3v) is 6.73. The van der Waals surface area contributed by atoms with Crippen LogP contribution in [0, 0.1) is 6.92 Å². The minimum atomic E-state index is -0.161. The zero-order valence-corrected chi connectivity index (χ0v) is 19.8. The Labute approximate surface area is 202 Å². The van der Waals surface area contributed by atoms with Gasteiger partial charge in [0.1, 0.15) is 12.1 Å². The minimum absolute atomic E-state index is 0.0710. The molecule has 6 rings (SSSR count). The predicted molar refractivity (Wildman–Crippen MR) is 128 cm³/mol. The number of fused-ring (bicyclic) bond motifs is 2. The van der Waals surface area contributed by atoms with Crippen molar-refractivity contribution in [3.63, 3.8) is 0 Å². The molecule has 180 valence electrons. The van der Waals surface area contributed by atoms with Crippen LogP contribution in [0.25, 0.3) is 11.5 Å². The molecular formula is C25H27N7O3. The Bertz CT molecular complexity index is 1400. The Morgan fingerprint density at radius 3 is 2.80 bits per heavy atom. The average Bonchev–Trinajstić information content (AvgIpc) is 3.60. The predicted octanol–water partition coefficient (Wildman–Crippen LogP) is 3.81. The molecule has 1 aliphatic heterocycles. The van der Waals surface area contributed by atoms with Crippen LogP contribution in [0.3, 0.4) is 0 Å². The minimum Gasteiger partial charge on any atom is -0.490 e. The molecule has 1 N–H and O–H groups in total. The van der Waals surface area contributed by atoms with Crippen LogP contribution in [-0.4, -0.2) is 48.2 Å². The van der Waals surface area contributed by atoms with Crippen LogP contribution < -0.4 is 14.8 Å². The van der Waals surface area contributed by atoms with Gasteiger partial charge in [0, 0.05) is 17.9 Å². The second-order valence-electron chi connectivity index (χ2n) is 9.05. The summed E-state index contributed by atoms with van der Waals surface area (Å²) in [5, 5.41) is 20.2. The molecule has 1 aliphatic carbocycles. The van der Waals surface area contributed by atoms with Gasteiger partial charge in [0.15, 0.2) is 23.0 Å². The molecule has 10 nitrogen and oxygen atoms in total. The van der Waals surface area contributed by atoms with Gasteiger partial charge in [-0.3, -0.25) is 4.79 Å². The first-order valence-electron chi connectivity index (χ1n) is 12.1. The molecule has 4 heterocycles. The number of carbonyl (C=O) groups excluding carboxylic acids is 1. The van der Waals surface area contributed by atoms with Crippen molar-refractivity contribution in [2.45, 2.75) is 58.0 Å². The van der Waals surface area contributed by atoms with E-state index in [4.69, 9.17) is 14.6 Å². The number of rotatable bonds is 6. The van der Waals surface area contributed by atoms with E-state index in [0.717, 1.165) is 35.4 Å². The van der Waals surface area contributed by atoms with Gasteiger partial charge < -0.3 is 14.8 Å². The second kappa shape index (κ2) is 8.68. The molecule has 1 fully saturated rings. The third kappa shape index (κ3) is 3.88. The standard InChI is InChI=1S/C25H27N7O3/c1-3-34-20-12-16(8-9-19(20)35-17-6-4-5-7-17)18-13-23(33)27-25-24(18)15(2)29-32(25)22-11-10-21-28-26-14-31(21)30-22/h8-12,14,17-18H,3-7,13H2,1-2H3,(H,27,33)/t18-/m0/s1. The molecule has 35 heavy (non-hydrogen) atoms. The van der Waals surface area contributed by atoms with Crippen LogP contribution >= 0.6 is 0 Å². The molecule has 3 aromatic heterocycles. The number of ether oxygens (including phenoxy) is 2. The van der Waals surface area contributed by atoms with Gasteiger partial charge in [-0.15, -0.1) is 15.3 Å². The highest BCUT2D eigenvalue weighted by Gasteiger charge is 2.33. The number of carbonyl (C=O) groups is 1. The first-order valence-corrected chi connectivity index (χ1v) is 12.1. The molecule has 10 heteroatoms. The highest BCUT2D eigenvalue weighted by atomic mass is 16.5. The number of nitrogens with zero attached hydrogens (tertiary/aromatic N) is 6. The van der Waals surface area contributed by atoms with E-state index in [1.807, 2.05) is 44.2 Å². The largest absolute Gasteiger partial charge is 0.490 e. The quantitative estimate of drug-likeness (QED) is 0.454. The third-order valence-electron chi connectivity index (χ3n) is 6.73. The van der Waals surface area contributed by atoms with Gasteiger partial charge in [0.05, 0.1) is 18.4 Å². The Balaban J connectivity index is 1.39. The van der Waals surface area contributed by atoms with Crippen LogP contribution in [0.5, 0.6) is 11.5 Å². The van der Waals surface area contributed by atoms with Crippen LogP contribution in [0.4, 0.5) is 5.82 Å². The molecule has 1 atom stereocenters. The van der Waals surface area contributed by atoms with Crippen molar-refractivity contribution in [3.05, 3.63) is 53.5 Å². The van der Waals surface area contributed by atoms with Gasteiger partial charge >= 0.3 is 0 Å². The maximum Gasteiger partial charge on any atom is 0.226 e. The number of nitrogens with one attached hydrogen (secondary N) is 1. The molecule has 1 saturated carbocycles. The van der Waals surface area contributed by atoms with Crippen LogP contribution in [0.15, 0.2) is 36.7 Å². The zero-order valence-electron chi connectivity index (χ0n) is 19.8. The molecule has 0 unspecified atom stereocenters. The molecule has 0 saturated heterocycles. The van der Waals surface area contributed by atoms with Crippen LogP contribution in [0.2, 0.25) is 0 Å². The Hall–Kier alpha value is -3.95. The van der Waals surface area contributed by atoms with E-state index in [9.17, 15) is 4.79 Å². The van der Waals surface area contributed by atoms with Crippen molar-refractivity contribution in [2.75, 3.05) is 11.9 Å². The maximum atomic E-state index is 12.8. The Morgan fingerprint density at radius 1 is 1.11 bits per heavy atom. The topological polar surface area (TPSA) is 108 Å². The number of benzene rings is 1.